The Kier molecular flexibility index (Phi) is 7.92. The van der Waals surface area contributed by atoms with E-state index in [0.717, 1.165) is 26.1 Å². The molecule has 5 nitrogen and oxygen atoms in total. The van der Waals surface area contributed by atoms with Crippen LogP contribution in [-0.2, 0) is 11.3 Å². The van der Waals surface area contributed by atoms with Crippen LogP contribution in [0.5, 0.6) is 5.75 Å². The summed E-state index contributed by atoms with van der Waals surface area (Å²) in [6.45, 7) is 7.44. The lowest BCUT2D eigenvalue weighted by Crippen LogP contribution is -2.35. The lowest BCUT2D eigenvalue weighted by molar-refractivity contribution is -0.116. The van der Waals surface area contributed by atoms with Gasteiger partial charge in [-0.2, -0.15) is 0 Å². The summed E-state index contributed by atoms with van der Waals surface area (Å²) >= 11 is 7.89. The fourth-order valence-corrected chi connectivity index (χ4v) is 4.94. The van der Waals surface area contributed by atoms with Gasteiger partial charge in [0.15, 0.2) is 0 Å². The molecule has 1 amide bonds. The van der Waals surface area contributed by atoms with Crippen LogP contribution < -0.4 is 10.1 Å². The van der Waals surface area contributed by atoms with Crippen molar-refractivity contribution in [3.8, 4) is 5.75 Å². The second-order valence-corrected chi connectivity index (χ2v) is 9.35. The number of rotatable bonds is 8. The van der Waals surface area contributed by atoms with E-state index in [4.69, 9.17) is 21.3 Å². The first-order valence-electron chi connectivity index (χ1n) is 10.2. The highest BCUT2D eigenvalue weighted by atomic mass is 35.5. The number of likely N-dealkylation sites (tertiary alicyclic amines) is 1. The van der Waals surface area contributed by atoms with Gasteiger partial charge in [-0.1, -0.05) is 25.4 Å². The number of hydrogen-bond donors (Lipinski definition) is 1. The summed E-state index contributed by atoms with van der Waals surface area (Å²) in [5, 5.41) is 6.81. The zero-order valence-corrected chi connectivity index (χ0v) is 19.0. The maximum absolute atomic E-state index is 12.4. The van der Waals surface area contributed by atoms with Crippen molar-refractivity contribution < 1.29 is 9.53 Å². The number of nitrogens with one attached hydrogen (secondary N) is 1. The van der Waals surface area contributed by atoms with Gasteiger partial charge < -0.3 is 10.1 Å². The summed E-state index contributed by atoms with van der Waals surface area (Å²) in [4.78, 5) is 19.6. The summed E-state index contributed by atoms with van der Waals surface area (Å²) < 4.78 is 5.14. The maximum atomic E-state index is 12.4. The van der Waals surface area contributed by atoms with Crippen LogP contribution in [0.1, 0.15) is 56.2 Å². The highest BCUT2D eigenvalue weighted by molar-refractivity contribution is 7.09. The van der Waals surface area contributed by atoms with Crippen LogP contribution in [0.3, 0.4) is 0 Å². The average molecular weight is 436 g/mol. The predicted octanol–water partition coefficient (Wildman–Crippen LogP) is 5.56. The van der Waals surface area contributed by atoms with E-state index in [1.54, 1.807) is 30.6 Å². The molecule has 1 aromatic carbocycles. The molecule has 29 heavy (non-hydrogen) atoms. The highest BCUT2D eigenvalue weighted by Gasteiger charge is 2.22. The van der Waals surface area contributed by atoms with Gasteiger partial charge in [-0.25, -0.2) is 4.98 Å². The Morgan fingerprint density at radius 2 is 2.28 bits per heavy atom. The van der Waals surface area contributed by atoms with Crippen molar-refractivity contribution in [1.29, 1.82) is 0 Å². The number of carbonyl (C=O) groups excluding carboxylic acids is 1. The van der Waals surface area contributed by atoms with Crippen LogP contribution in [0, 0.1) is 5.92 Å². The average Bonchev–Trinajstić information content (AvgIpc) is 3.16. The molecule has 3 rings (SSSR count). The Bertz CT molecular complexity index is 824. The molecule has 1 aromatic heterocycles. The number of hydrogen-bond acceptors (Lipinski definition) is 5. The van der Waals surface area contributed by atoms with Crippen LogP contribution in [0.2, 0.25) is 5.02 Å². The van der Waals surface area contributed by atoms with Crippen LogP contribution in [0.15, 0.2) is 23.6 Å². The molecule has 1 atom stereocenters. The van der Waals surface area contributed by atoms with Gasteiger partial charge in [0.25, 0.3) is 0 Å². The fraction of sp³-hybridized carbons (Fsp3) is 0.545. The van der Waals surface area contributed by atoms with Gasteiger partial charge in [-0.15, -0.1) is 11.3 Å². The maximum Gasteiger partial charge on any atom is 0.224 e. The van der Waals surface area contributed by atoms with E-state index in [0.29, 0.717) is 34.7 Å². The topological polar surface area (TPSA) is 54.5 Å². The van der Waals surface area contributed by atoms with Crippen molar-refractivity contribution in [3.63, 3.8) is 0 Å². The number of nitrogens with zero attached hydrogens (tertiary/aromatic N) is 2. The summed E-state index contributed by atoms with van der Waals surface area (Å²) in [7, 11) is 1.57. The van der Waals surface area contributed by atoms with Crippen molar-refractivity contribution in [2.45, 2.75) is 52.0 Å². The number of anilines is 1. The summed E-state index contributed by atoms with van der Waals surface area (Å²) in [5.74, 6) is 1.67. The molecule has 0 unspecified atom stereocenters. The van der Waals surface area contributed by atoms with E-state index in [9.17, 15) is 4.79 Å². The Morgan fingerprint density at radius 1 is 1.45 bits per heavy atom. The van der Waals surface area contributed by atoms with Crippen LogP contribution >= 0.6 is 22.9 Å². The quantitative estimate of drug-likeness (QED) is 0.589. The molecule has 0 radical (unpaired) electrons. The minimum absolute atomic E-state index is 0.0323. The second kappa shape index (κ2) is 10.4. The van der Waals surface area contributed by atoms with Crippen molar-refractivity contribution in [2.75, 3.05) is 25.5 Å². The lowest BCUT2D eigenvalue weighted by Gasteiger charge is -2.32. The smallest absolute Gasteiger partial charge is 0.224 e. The number of methoxy groups -OCH3 is 1. The number of piperidine rings is 1. The third-order valence-corrected chi connectivity index (χ3v) is 6.49. The zero-order valence-electron chi connectivity index (χ0n) is 17.4. The predicted molar refractivity (Wildman–Crippen MR) is 120 cm³/mol. The Labute approximate surface area is 182 Å². The summed E-state index contributed by atoms with van der Waals surface area (Å²) in [5.41, 5.74) is 1.89. The van der Waals surface area contributed by atoms with Gasteiger partial charge in [0.2, 0.25) is 5.91 Å². The van der Waals surface area contributed by atoms with Gasteiger partial charge in [-0.05, 0) is 55.8 Å². The molecule has 1 aliphatic rings. The van der Waals surface area contributed by atoms with Gasteiger partial charge >= 0.3 is 0 Å². The normalized spacial score (nSPS) is 17.5. The Morgan fingerprint density at radius 3 is 2.97 bits per heavy atom. The number of amides is 1. The molecule has 0 spiro atoms. The molecule has 2 aromatic rings. The largest absolute Gasteiger partial charge is 0.495 e. The second-order valence-electron chi connectivity index (χ2n) is 8.00. The SMILES string of the molecule is COc1ccc(NC(=O)CC[C@@H]2CCCN(Cc3nc(C(C)C)cs3)C2)cc1Cl. The minimum atomic E-state index is 0.0323. The molecular weight excluding hydrogens is 406 g/mol. The standard InChI is InChI=1S/C22H30ClN3O2S/c1-15(2)19-14-29-22(25-19)13-26-10-4-5-16(12-26)6-9-21(27)24-17-7-8-20(28-3)18(23)11-17/h7-8,11,14-16H,4-6,9-10,12-13H2,1-3H3,(H,24,27)/t16-/m0/s1. The number of aromatic nitrogens is 1. The molecule has 0 bridgehead atoms. The van der Waals surface area contributed by atoms with E-state index in [1.807, 2.05) is 6.07 Å². The van der Waals surface area contributed by atoms with E-state index in [1.165, 1.54) is 23.5 Å². The van der Waals surface area contributed by atoms with Crippen molar-refractivity contribution in [1.82, 2.24) is 9.88 Å². The number of ether oxygens (including phenoxy) is 1. The Balaban J connectivity index is 1.45. The van der Waals surface area contributed by atoms with Gasteiger partial charge in [0.1, 0.15) is 10.8 Å². The third kappa shape index (κ3) is 6.43. The molecule has 7 heteroatoms. The zero-order chi connectivity index (χ0) is 20.8. The molecule has 1 aliphatic heterocycles. The fourth-order valence-electron chi connectivity index (χ4n) is 3.69. The van der Waals surface area contributed by atoms with Gasteiger partial charge in [-0.3, -0.25) is 9.69 Å². The van der Waals surface area contributed by atoms with E-state index >= 15 is 0 Å². The lowest BCUT2D eigenvalue weighted by atomic mass is 9.93. The van der Waals surface area contributed by atoms with Crippen molar-refractivity contribution in [2.24, 2.45) is 5.92 Å². The van der Waals surface area contributed by atoms with Crippen molar-refractivity contribution >= 4 is 34.5 Å². The molecule has 2 heterocycles. The van der Waals surface area contributed by atoms with E-state index < -0.39 is 0 Å². The van der Waals surface area contributed by atoms with E-state index in [2.05, 4.69) is 29.4 Å². The van der Waals surface area contributed by atoms with Crippen LogP contribution in [0.25, 0.3) is 0 Å². The molecular formula is C22H30ClN3O2S. The Hall–Kier alpha value is -1.63. The van der Waals surface area contributed by atoms with Crippen molar-refractivity contribution in [3.05, 3.63) is 39.3 Å². The molecule has 1 fully saturated rings. The molecule has 1 N–H and O–H groups in total. The molecule has 0 aliphatic carbocycles. The third-order valence-electron chi connectivity index (χ3n) is 5.34. The monoisotopic (exact) mass is 435 g/mol. The number of thiazole rings is 1. The molecule has 0 saturated carbocycles. The number of carbonyl (C=O) groups is 1. The van der Waals surface area contributed by atoms with Gasteiger partial charge in [0, 0.05) is 24.0 Å². The summed E-state index contributed by atoms with van der Waals surface area (Å²) in [6, 6.07) is 5.30. The molecule has 1 saturated heterocycles. The minimum Gasteiger partial charge on any atom is -0.495 e. The first-order valence-corrected chi connectivity index (χ1v) is 11.5. The number of benzene rings is 1. The first-order chi connectivity index (χ1) is 13.9. The van der Waals surface area contributed by atoms with Crippen LogP contribution in [0.4, 0.5) is 5.69 Å². The first kappa shape index (κ1) is 22.1. The van der Waals surface area contributed by atoms with Gasteiger partial charge in [0.05, 0.1) is 24.4 Å². The van der Waals surface area contributed by atoms with E-state index in [-0.39, 0.29) is 5.91 Å². The number of halogens is 1. The highest BCUT2D eigenvalue weighted by Crippen LogP contribution is 2.28. The van der Waals surface area contributed by atoms with Crippen LogP contribution in [-0.4, -0.2) is 36.0 Å². The summed E-state index contributed by atoms with van der Waals surface area (Å²) in [6.07, 6.45) is 3.80. The molecule has 158 valence electrons.